The summed E-state index contributed by atoms with van der Waals surface area (Å²) in [6.45, 7) is 0. The minimum absolute atomic E-state index is 0.736. The summed E-state index contributed by atoms with van der Waals surface area (Å²) in [4.78, 5) is 1.82. The maximum Gasteiger partial charge on any atom is 0.245 e. The molecule has 0 radical (unpaired) electrons. The molecule has 0 unspecified atom stereocenters. The molecule has 0 bridgehead atoms. The van der Waals surface area contributed by atoms with Gasteiger partial charge in [-0.2, -0.15) is 5.43 Å². The minimum atomic E-state index is 0.736. The SMILES string of the molecule is [O-][N+]1=CSc2ccc3ccccc3c2N1. The quantitative estimate of drug-likeness (QED) is 0.543. The lowest BCUT2D eigenvalue weighted by Gasteiger charge is -2.15. The number of hydrazine groups is 1. The first-order valence-corrected chi connectivity index (χ1v) is 5.47. The zero-order valence-electron chi connectivity index (χ0n) is 7.81. The van der Waals surface area contributed by atoms with E-state index in [2.05, 4.69) is 11.5 Å². The zero-order chi connectivity index (χ0) is 10.3. The molecule has 0 spiro atoms. The summed E-state index contributed by atoms with van der Waals surface area (Å²) in [6.07, 6.45) is 0. The molecule has 0 amide bonds. The molecule has 4 heteroatoms. The lowest BCUT2D eigenvalue weighted by atomic mass is 10.1. The van der Waals surface area contributed by atoms with Crippen LogP contribution in [0.4, 0.5) is 5.69 Å². The van der Waals surface area contributed by atoms with Crippen LogP contribution in [0.1, 0.15) is 0 Å². The van der Waals surface area contributed by atoms with Gasteiger partial charge < -0.3 is 5.21 Å². The molecule has 1 aliphatic heterocycles. The van der Waals surface area contributed by atoms with Crippen molar-refractivity contribution in [2.45, 2.75) is 4.90 Å². The Bertz CT molecular complexity index is 566. The van der Waals surface area contributed by atoms with Gasteiger partial charge in [-0.15, -0.1) is 0 Å². The van der Waals surface area contributed by atoms with E-state index in [0.29, 0.717) is 0 Å². The fourth-order valence-corrected chi connectivity index (χ4v) is 2.39. The first kappa shape index (κ1) is 8.61. The molecule has 2 aromatic rings. The number of hydrogen-bond acceptors (Lipinski definition) is 3. The average molecular weight is 216 g/mol. The maximum absolute atomic E-state index is 11.2. The van der Waals surface area contributed by atoms with Crippen molar-refractivity contribution in [2.24, 2.45) is 0 Å². The van der Waals surface area contributed by atoms with Gasteiger partial charge in [-0.3, -0.25) is 0 Å². The molecule has 1 N–H and O–H groups in total. The van der Waals surface area contributed by atoms with Gasteiger partial charge in [0.05, 0.1) is 0 Å². The predicted octanol–water partition coefficient (Wildman–Crippen LogP) is 2.81. The Balaban J connectivity index is 2.31. The highest BCUT2D eigenvalue weighted by atomic mass is 32.2. The fraction of sp³-hybridized carbons (Fsp3) is 0. The van der Waals surface area contributed by atoms with Gasteiger partial charge in [-0.05, 0) is 23.2 Å². The van der Waals surface area contributed by atoms with E-state index in [0.717, 1.165) is 26.2 Å². The Hall–Kier alpha value is -1.68. The van der Waals surface area contributed by atoms with Crippen LogP contribution >= 0.6 is 11.8 Å². The lowest BCUT2D eigenvalue weighted by Crippen LogP contribution is -2.16. The molecule has 0 fully saturated rings. The van der Waals surface area contributed by atoms with Gasteiger partial charge >= 0.3 is 0 Å². The summed E-state index contributed by atoms with van der Waals surface area (Å²) in [6, 6.07) is 12.1. The van der Waals surface area contributed by atoms with E-state index < -0.39 is 0 Å². The normalized spacial score (nSPS) is 14.3. The average Bonchev–Trinajstić information content (AvgIpc) is 2.29. The molecule has 0 aliphatic carbocycles. The zero-order valence-corrected chi connectivity index (χ0v) is 8.62. The van der Waals surface area contributed by atoms with E-state index in [1.54, 1.807) is 0 Å². The van der Waals surface area contributed by atoms with E-state index in [-0.39, 0.29) is 0 Å². The summed E-state index contributed by atoms with van der Waals surface area (Å²) in [5.74, 6) is 0. The van der Waals surface area contributed by atoms with Crippen molar-refractivity contribution in [2.75, 3.05) is 5.43 Å². The van der Waals surface area contributed by atoms with Crippen LogP contribution in [0.3, 0.4) is 0 Å². The molecule has 1 heterocycles. The highest BCUT2D eigenvalue weighted by molar-refractivity contribution is 8.12. The Kier molecular flexibility index (Phi) is 1.82. The van der Waals surface area contributed by atoms with Crippen molar-refractivity contribution in [3.8, 4) is 0 Å². The summed E-state index contributed by atoms with van der Waals surface area (Å²) in [7, 11) is 0. The van der Waals surface area contributed by atoms with Gasteiger partial charge in [0.2, 0.25) is 5.55 Å². The van der Waals surface area contributed by atoms with Gasteiger partial charge in [0.1, 0.15) is 5.69 Å². The van der Waals surface area contributed by atoms with Crippen LogP contribution in [0.15, 0.2) is 41.3 Å². The standard InChI is InChI=1S/C11H8N2OS/c14-13-7-15-10-6-5-8-3-1-2-4-9(8)11(10)12-13/h1-7,12H. The molecule has 3 nitrogen and oxygen atoms in total. The molecular formula is C11H8N2OS. The second-order valence-electron chi connectivity index (χ2n) is 3.32. The van der Waals surface area contributed by atoms with Crippen molar-refractivity contribution in [1.82, 2.24) is 0 Å². The van der Waals surface area contributed by atoms with Crippen LogP contribution in [-0.2, 0) is 0 Å². The highest BCUT2D eigenvalue weighted by Gasteiger charge is 2.15. The summed E-state index contributed by atoms with van der Waals surface area (Å²) in [5.41, 5.74) is 5.21. The minimum Gasteiger partial charge on any atom is -0.596 e. The topological polar surface area (TPSA) is 38.1 Å². The third kappa shape index (κ3) is 1.34. The van der Waals surface area contributed by atoms with E-state index in [1.165, 1.54) is 17.3 Å². The Labute approximate surface area is 91.0 Å². The molecule has 0 saturated carbocycles. The van der Waals surface area contributed by atoms with E-state index in [9.17, 15) is 5.21 Å². The first-order chi connectivity index (χ1) is 7.34. The second kappa shape index (κ2) is 3.17. The van der Waals surface area contributed by atoms with Crippen LogP contribution in [0.25, 0.3) is 10.8 Å². The lowest BCUT2D eigenvalue weighted by molar-refractivity contribution is -0.414. The first-order valence-electron chi connectivity index (χ1n) is 4.59. The monoisotopic (exact) mass is 216 g/mol. The Morgan fingerprint density at radius 1 is 1.13 bits per heavy atom. The Morgan fingerprint density at radius 2 is 2.00 bits per heavy atom. The van der Waals surface area contributed by atoms with Crippen molar-refractivity contribution >= 4 is 33.8 Å². The van der Waals surface area contributed by atoms with Crippen molar-refractivity contribution in [3.63, 3.8) is 0 Å². The van der Waals surface area contributed by atoms with E-state index in [4.69, 9.17) is 0 Å². The number of thioether (sulfide) groups is 1. The number of hydrogen-bond donors (Lipinski definition) is 1. The molecular weight excluding hydrogens is 208 g/mol. The molecule has 2 aromatic carbocycles. The van der Waals surface area contributed by atoms with Crippen LogP contribution in [0.2, 0.25) is 0 Å². The summed E-state index contributed by atoms with van der Waals surface area (Å²) < 4.78 is 0. The van der Waals surface area contributed by atoms with Crippen molar-refractivity contribution in [3.05, 3.63) is 41.6 Å². The number of rotatable bonds is 0. The van der Waals surface area contributed by atoms with Crippen molar-refractivity contribution in [1.29, 1.82) is 0 Å². The van der Waals surface area contributed by atoms with E-state index >= 15 is 0 Å². The van der Waals surface area contributed by atoms with Crippen LogP contribution in [-0.4, -0.2) is 10.4 Å². The number of anilines is 1. The van der Waals surface area contributed by atoms with Crippen LogP contribution in [0, 0.1) is 5.21 Å². The molecule has 1 aliphatic rings. The molecule has 0 atom stereocenters. The molecule has 15 heavy (non-hydrogen) atoms. The summed E-state index contributed by atoms with van der Waals surface area (Å²) in [5, 5.41) is 13.4. The largest absolute Gasteiger partial charge is 0.596 e. The van der Waals surface area contributed by atoms with Gasteiger partial charge in [0.15, 0.2) is 0 Å². The molecule has 3 rings (SSSR count). The number of hydrazone groups is 1. The predicted molar refractivity (Wildman–Crippen MR) is 63.1 cm³/mol. The number of fused-ring (bicyclic) bond motifs is 3. The van der Waals surface area contributed by atoms with Gasteiger partial charge in [-0.25, -0.2) is 0 Å². The summed E-state index contributed by atoms with van der Waals surface area (Å²) >= 11 is 1.44. The van der Waals surface area contributed by atoms with Crippen LogP contribution < -0.4 is 5.43 Å². The molecule has 74 valence electrons. The van der Waals surface area contributed by atoms with Crippen LogP contribution in [0.5, 0.6) is 0 Å². The molecule has 0 aromatic heterocycles. The van der Waals surface area contributed by atoms with E-state index in [1.807, 2.05) is 30.3 Å². The smallest absolute Gasteiger partial charge is 0.245 e. The second-order valence-corrected chi connectivity index (χ2v) is 4.21. The number of nitrogens with zero attached hydrogens (tertiary/aromatic N) is 1. The number of benzene rings is 2. The van der Waals surface area contributed by atoms with Gasteiger partial charge in [0, 0.05) is 10.3 Å². The maximum atomic E-state index is 11.2. The third-order valence-corrected chi connectivity index (χ3v) is 3.28. The Morgan fingerprint density at radius 3 is 2.93 bits per heavy atom. The number of nitrogens with one attached hydrogen (secondary N) is 1. The van der Waals surface area contributed by atoms with Gasteiger partial charge in [-0.1, -0.05) is 35.2 Å². The highest BCUT2D eigenvalue weighted by Crippen LogP contribution is 2.35. The third-order valence-electron chi connectivity index (χ3n) is 2.39. The fourth-order valence-electron chi connectivity index (χ4n) is 1.71. The van der Waals surface area contributed by atoms with Crippen molar-refractivity contribution < 1.29 is 4.85 Å². The van der Waals surface area contributed by atoms with Gasteiger partial charge in [0.25, 0.3) is 0 Å². The molecule has 0 saturated heterocycles.